The maximum Gasteiger partial charge on any atom is 0.306 e. The van der Waals surface area contributed by atoms with Gasteiger partial charge in [0.2, 0.25) is 0 Å². The van der Waals surface area contributed by atoms with Gasteiger partial charge in [-0.2, -0.15) is 0 Å². The highest BCUT2D eigenvalue weighted by Crippen LogP contribution is 2.23. The molecule has 0 aliphatic heterocycles. The van der Waals surface area contributed by atoms with Crippen LogP contribution in [0.1, 0.15) is 58.3 Å². The van der Waals surface area contributed by atoms with Crippen molar-refractivity contribution in [3.05, 3.63) is 0 Å². The Bertz CT molecular complexity index is 232. The average molecular weight is 242 g/mol. The number of carbonyl (C=O) groups excluding carboxylic acids is 2. The van der Waals surface area contributed by atoms with Gasteiger partial charge in [0.1, 0.15) is 12.2 Å². The summed E-state index contributed by atoms with van der Waals surface area (Å²) in [6, 6.07) is 0. The fourth-order valence-corrected chi connectivity index (χ4v) is 2.13. The third kappa shape index (κ3) is 5.71. The molecule has 0 radical (unpaired) electrons. The summed E-state index contributed by atoms with van der Waals surface area (Å²) < 4.78 is 10.3. The lowest BCUT2D eigenvalue weighted by atomic mass is 9.95. The fraction of sp³-hybridized carbons (Fsp3) is 0.846. The fourth-order valence-electron chi connectivity index (χ4n) is 2.13. The van der Waals surface area contributed by atoms with Gasteiger partial charge in [-0.3, -0.25) is 9.59 Å². The number of hydrogen-bond acceptors (Lipinski definition) is 4. The van der Waals surface area contributed by atoms with E-state index in [9.17, 15) is 9.59 Å². The van der Waals surface area contributed by atoms with Crippen LogP contribution in [-0.4, -0.2) is 24.6 Å². The van der Waals surface area contributed by atoms with E-state index in [-0.39, 0.29) is 18.2 Å². The van der Waals surface area contributed by atoms with Gasteiger partial charge in [0.15, 0.2) is 0 Å². The highest BCUT2D eigenvalue weighted by molar-refractivity contribution is 5.69. The molecule has 0 atom stereocenters. The van der Waals surface area contributed by atoms with Crippen molar-refractivity contribution in [2.75, 3.05) is 0 Å². The van der Waals surface area contributed by atoms with Crippen molar-refractivity contribution in [2.45, 2.75) is 70.5 Å². The Hall–Kier alpha value is -1.06. The molecule has 1 aliphatic rings. The smallest absolute Gasteiger partial charge is 0.306 e. The molecule has 0 bridgehead atoms. The minimum absolute atomic E-state index is 0.0162. The number of unbranched alkanes of at least 4 members (excludes halogenated alkanes) is 2. The maximum atomic E-state index is 11.5. The van der Waals surface area contributed by atoms with Crippen molar-refractivity contribution in [1.82, 2.24) is 0 Å². The van der Waals surface area contributed by atoms with Crippen LogP contribution in [0, 0.1) is 0 Å². The van der Waals surface area contributed by atoms with E-state index in [1.54, 1.807) is 0 Å². The van der Waals surface area contributed by atoms with Crippen molar-refractivity contribution in [3.63, 3.8) is 0 Å². The number of carbonyl (C=O) groups is 2. The first-order valence-corrected chi connectivity index (χ1v) is 6.54. The molecule has 0 amide bonds. The van der Waals surface area contributed by atoms with Crippen LogP contribution in [0.2, 0.25) is 0 Å². The zero-order chi connectivity index (χ0) is 12.5. The summed E-state index contributed by atoms with van der Waals surface area (Å²) in [7, 11) is 0. The zero-order valence-electron chi connectivity index (χ0n) is 10.5. The molecular weight excluding hydrogens is 220 g/mol. The largest absolute Gasteiger partial charge is 0.465 e. The van der Waals surface area contributed by atoms with Crippen LogP contribution in [0.15, 0.2) is 0 Å². The summed E-state index contributed by atoms with van der Waals surface area (Å²) in [4.78, 5) is 21.7. The quantitative estimate of drug-likeness (QED) is 0.391. The molecule has 0 heterocycles. The van der Waals surface area contributed by atoms with Crippen LogP contribution in [0.3, 0.4) is 0 Å². The summed E-state index contributed by atoms with van der Waals surface area (Å²) in [5.74, 6) is -0.0850. The van der Waals surface area contributed by atoms with E-state index in [2.05, 4.69) is 6.92 Å². The summed E-state index contributed by atoms with van der Waals surface area (Å²) in [6.07, 6.45) is 6.87. The van der Waals surface area contributed by atoms with Gasteiger partial charge in [0, 0.05) is 6.42 Å². The van der Waals surface area contributed by atoms with E-state index in [0.717, 1.165) is 44.9 Å². The highest BCUT2D eigenvalue weighted by atomic mass is 16.5. The molecule has 1 rings (SSSR count). The van der Waals surface area contributed by atoms with Gasteiger partial charge in [0.25, 0.3) is 6.47 Å². The van der Waals surface area contributed by atoms with E-state index in [4.69, 9.17) is 9.47 Å². The zero-order valence-corrected chi connectivity index (χ0v) is 10.5. The van der Waals surface area contributed by atoms with E-state index >= 15 is 0 Å². The van der Waals surface area contributed by atoms with Crippen molar-refractivity contribution < 1.29 is 19.1 Å². The number of hydrogen-bond donors (Lipinski definition) is 0. The third-order valence-electron chi connectivity index (χ3n) is 3.15. The molecule has 0 N–H and O–H groups in total. The lowest BCUT2D eigenvalue weighted by molar-refractivity contribution is -0.153. The Morgan fingerprint density at radius 2 is 1.82 bits per heavy atom. The minimum atomic E-state index is -0.0850. The highest BCUT2D eigenvalue weighted by Gasteiger charge is 2.24. The van der Waals surface area contributed by atoms with Gasteiger partial charge in [0.05, 0.1) is 0 Å². The molecule has 98 valence electrons. The van der Waals surface area contributed by atoms with Crippen LogP contribution in [0.4, 0.5) is 0 Å². The van der Waals surface area contributed by atoms with Gasteiger partial charge < -0.3 is 9.47 Å². The van der Waals surface area contributed by atoms with Crippen molar-refractivity contribution in [2.24, 2.45) is 0 Å². The van der Waals surface area contributed by atoms with E-state index < -0.39 is 0 Å². The Balaban J connectivity index is 2.12. The van der Waals surface area contributed by atoms with Gasteiger partial charge >= 0.3 is 5.97 Å². The summed E-state index contributed by atoms with van der Waals surface area (Å²) in [6.45, 7) is 2.61. The molecule has 0 unspecified atom stereocenters. The molecule has 4 heteroatoms. The first-order valence-electron chi connectivity index (χ1n) is 6.54. The van der Waals surface area contributed by atoms with Crippen LogP contribution in [-0.2, 0) is 19.1 Å². The SMILES string of the molecule is CCCCCC(=O)OC1CCC(OC=O)CC1. The van der Waals surface area contributed by atoms with E-state index in [1.807, 2.05) is 0 Å². The molecule has 17 heavy (non-hydrogen) atoms. The number of esters is 1. The predicted molar refractivity (Wildman–Crippen MR) is 63.4 cm³/mol. The molecular formula is C13H22O4. The van der Waals surface area contributed by atoms with E-state index in [1.165, 1.54) is 0 Å². The molecule has 0 aromatic carbocycles. The lowest BCUT2D eigenvalue weighted by Gasteiger charge is -2.27. The Morgan fingerprint density at radius 1 is 1.18 bits per heavy atom. The second-order valence-corrected chi connectivity index (χ2v) is 4.58. The molecule has 0 aromatic rings. The average Bonchev–Trinajstić information content (AvgIpc) is 2.32. The first kappa shape index (κ1) is 14.0. The van der Waals surface area contributed by atoms with Crippen molar-refractivity contribution >= 4 is 12.4 Å². The molecule has 0 aromatic heterocycles. The molecule has 0 spiro atoms. The summed E-state index contributed by atoms with van der Waals surface area (Å²) in [5.41, 5.74) is 0. The van der Waals surface area contributed by atoms with Crippen LogP contribution in [0.5, 0.6) is 0 Å². The molecule has 4 nitrogen and oxygen atoms in total. The first-order chi connectivity index (χ1) is 8.26. The van der Waals surface area contributed by atoms with Crippen LogP contribution < -0.4 is 0 Å². The van der Waals surface area contributed by atoms with Crippen molar-refractivity contribution in [3.8, 4) is 0 Å². The van der Waals surface area contributed by atoms with Gasteiger partial charge in [-0.05, 0) is 32.1 Å². The molecule has 1 saturated carbocycles. The second kappa shape index (κ2) is 8.09. The molecule has 1 fully saturated rings. The van der Waals surface area contributed by atoms with Crippen LogP contribution >= 0.6 is 0 Å². The number of ether oxygens (including phenoxy) is 2. The predicted octanol–water partition coefficient (Wildman–Crippen LogP) is 2.59. The topological polar surface area (TPSA) is 52.6 Å². The second-order valence-electron chi connectivity index (χ2n) is 4.58. The molecule has 1 aliphatic carbocycles. The Morgan fingerprint density at radius 3 is 2.41 bits per heavy atom. The van der Waals surface area contributed by atoms with Crippen molar-refractivity contribution in [1.29, 1.82) is 0 Å². The monoisotopic (exact) mass is 242 g/mol. The molecule has 0 saturated heterocycles. The van der Waals surface area contributed by atoms with E-state index in [0.29, 0.717) is 12.9 Å². The minimum Gasteiger partial charge on any atom is -0.465 e. The summed E-state index contributed by atoms with van der Waals surface area (Å²) in [5, 5.41) is 0. The number of rotatable bonds is 7. The Labute approximate surface area is 103 Å². The Kier molecular flexibility index (Phi) is 6.67. The van der Waals surface area contributed by atoms with Gasteiger partial charge in [-0.1, -0.05) is 19.8 Å². The lowest BCUT2D eigenvalue weighted by Crippen LogP contribution is -2.28. The normalized spacial score (nSPS) is 24.1. The maximum absolute atomic E-state index is 11.5. The summed E-state index contributed by atoms with van der Waals surface area (Å²) >= 11 is 0. The van der Waals surface area contributed by atoms with Gasteiger partial charge in [-0.15, -0.1) is 0 Å². The van der Waals surface area contributed by atoms with Gasteiger partial charge in [-0.25, -0.2) is 0 Å². The third-order valence-corrected chi connectivity index (χ3v) is 3.15. The van der Waals surface area contributed by atoms with Crippen LogP contribution in [0.25, 0.3) is 0 Å². The standard InChI is InChI=1S/C13H22O4/c1-2-3-4-5-13(15)17-12-8-6-11(7-9-12)16-10-14/h10-12H,2-9H2,1H3.